The van der Waals surface area contributed by atoms with Gasteiger partial charge >= 0.3 is 0 Å². The molecule has 2 heterocycles. The summed E-state index contributed by atoms with van der Waals surface area (Å²) in [6.07, 6.45) is 3.19. The molecule has 0 bridgehead atoms. The average molecular weight is 238 g/mol. The molecule has 1 aliphatic rings. The van der Waals surface area contributed by atoms with Gasteiger partial charge in [-0.05, 0) is 19.0 Å². The SMILES string of the molecule is CC(=O)Nc1nsnc1C1=CCCN(C)C1. The molecule has 1 aromatic heterocycles. The minimum Gasteiger partial charge on any atom is -0.308 e. The lowest BCUT2D eigenvalue weighted by Crippen LogP contribution is -2.25. The van der Waals surface area contributed by atoms with Crippen molar-refractivity contribution in [3.05, 3.63) is 11.8 Å². The summed E-state index contributed by atoms with van der Waals surface area (Å²) in [5.74, 6) is 0.470. The van der Waals surface area contributed by atoms with Gasteiger partial charge in [0.15, 0.2) is 5.82 Å². The first-order chi connectivity index (χ1) is 7.66. The second kappa shape index (κ2) is 4.71. The van der Waals surface area contributed by atoms with Crippen molar-refractivity contribution in [2.75, 3.05) is 25.5 Å². The zero-order valence-corrected chi connectivity index (χ0v) is 10.2. The van der Waals surface area contributed by atoms with E-state index in [-0.39, 0.29) is 5.91 Å². The van der Waals surface area contributed by atoms with Crippen LogP contribution in [-0.2, 0) is 4.79 Å². The average Bonchev–Trinajstić information content (AvgIpc) is 2.65. The van der Waals surface area contributed by atoms with E-state index in [0.717, 1.165) is 42.5 Å². The molecule has 6 heteroatoms. The quantitative estimate of drug-likeness (QED) is 0.841. The van der Waals surface area contributed by atoms with E-state index in [9.17, 15) is 4.79 Å². The Balaban J connectivity index is 2.23. The third-order valence-electron chi connectivity index (χ3n) is 2.43. The van der Waals surface area contributed by atoms with Crippen molar-refractivity contribution in [3.63, 3.8) is 0 Å². The van der Waals surface area contributed by atoms with Gasteiger partial charge in [0.1, 0.15) is 5.69 Å². The highest BCUT2D eigenvalue weighted by atomic mass is 32.1. The van der Waals surface area contributed by atoms with Crippen LogP contribution in [0, 0.1) is 0 Å². The van der Waals surface area contributed by atoms with Crippen molar-refractivity contribution in [1.82, 2.24) is 13.6 Å². The van der Waals surface area contributed by atoms with Crippen LogP contribution in [0.5, 0.6) is 0 Å². The highest BCUT2D eigenvalue weighted by Crippen LogP contribution is 2.25. The fraction of sp³-hybridized carbons (Fsp3) is 0.500. The first kappa shape index (κ1) is 11.2. The lowest BCUT2D eigenvalue weighted by atomic mass is 10.1. The number of carbonyl (C=O) groups excluding carboxylic acids is 1. The Hall–Kier alpha value is -1.27. The maximum absolute atomic E-state index is 11.0. The number of likely N-dealkylation sites (N-methyl/N-ethyl adjacent to an activating group) is 1. The second-order valence-electron chi connectivity index (χ2n) is 3.90. The van der Waals surface area contributed by atoms with Crippen LogP contribution >= 0.6 is 11.7 Å². The first-order valence-electron chi connectivity index (χ1n) is 5.15. The van der Waals surface area contributed by atoms with Crippen molar-refractivity contribution in [3.8, 4) is 0 Å². The Morgan fingerprint density at radius 2 is 2.38 bits per heavy atom. The zero-order chi connectivity index (χ0) is 11.5. The molecule has 0 spiro atoms. The van der Waals surface area contributed by atoms with E-state index in [1.54, 1.807) is 0 Å². The summed E-state index contributed by atoms with van der Waals surface area (Å²) in [5.41, 5.74) is 1.96. The summed E-state index contributed by atoms with van der Waals surface area (Å²) in [4.78, 5) is 13.2. The highest BCUT2D eigenvalue weighted by Gasteiger charge is 2.17. The zero-order valence-electron chi connectivity index (χ0n) is 9.36. The Labute approximate surface area is 98.5 Å². The molecule has 0 atom stereocenters. The van der Waals surface area contributed by atoms with Gasteiger partial charge < -0.3 is 10.2 Å². The van der Waals surface area contributed by atoms with Gasteiger partial charge in [-0.2, -0.15) is 8.75 Å². The van der Waals surface area contributed by atoms with Gasteiger partial charge in [0.2, 0.25) is 5.91 Å². The predicted octanol–water partition coefficient (Wildman–Crippen LogP) is 1.22. The number of aromatic nitrogens is 2. The van der Waals surface area contributed by atoms with Crippen LogP contribution in [0.25, 0.3) is 5.57 Å². The van der Waals surface area contributed by atoms with Gasteiger partial charge in [-0.15, -0.1) is 0 Å². The summed E-state index contributed by atoms with van der Waals surface area (Å²) >= 11 is 1.13. The number of nitrogens with zero attached hydrogens (tertiary/aromatic N) is 3. The summed E-state index contributed by atoms with van der Waals surface area (Å²) < 4.78 is 8.34. The third kappa shape index (κ3) is 2.45. The number of hydrogen-bond donors (Lipinski definition) is 1. The maximum Gasteiger partial charge on any atom is 0.222 e. The van der Waals surface area contributed by atoms with Crippen LogP contribution < -0.4 is 5.32 Å². The molecule has 0 fully saturated rings. The van der Waals surface area contributed by atoms with Crippen molar-refractivity contribution < 1.29 is 4.79 Å². The van der Waals surface area contributed by atoms with E-state index in [0.29, 0.717) is 5.82 Å². The monoisotopic (exact) mass is 238 g/mol. The summed E-state index contributed by atoms with van der Waals surface area (Å²) in [6, 6.07) is 0. The Bertz CT molecular complexity index is 426. The first-order valence-corrected chi connectivity index (χ1v) is 5.88. The fourth-order valence-electron chi connectivity index (χ4n) is 1.71. The van der Waals surface area contributed by atoms with Crippen molar-refractivity contribution in [1.29, 1.82) is 0 Å². The van der Waals surface area contributed by atoms with Crippen LogP contribution in [0.2, 0.25) is 0 Å². The van der Waals surface area contributed by atoms with E-state index < -0.39 is 0 Å². The minimum absolute atomic E-state index is 0.112. The molecule has 0 saturated heterocycles. The minimum atomic E-state index is -0.112. The Kier molecular flexibility index (Phi) is 3.31. The number of nitrogens with one attached hydrogen (secondary N) is 1. The van der Waals surface area contributed by atoms with E-state index >= 15 is 0 Å². The van der Waals surface area contributed by atoms with Crippen LogP contribution in [-0.4, -0.2) is 39.7 Å². The summed E-state index contributed by atoms with van der Waals surface area (Å²) in [5, 5.41) is 2.70. The highest BCUT2D eigenvalue weighted by molar-refractivity contribution is 6.99. The molecule has 0 radical (unpaired) electrons. The van der Waals surface area contributed by atoms with Gasteiger partial charge in [-0.3, -0.25) is 4.79 Å². The standard InChI is InChI=1S/C10H14N4OS/c1-7(15)11-10-9(12-16-13-10)8-4-3-5-14(2)6-8/h4H,3,5-6H2,1-2H3,(H,11,13,15). The molecular weight excluding hydrogens is 224 g/mol. The topological polar surface area (TPSA) is 58.1 Å². The predicted molar refractivity (Wildman–Crippen MR) is 64.3 cm³/mol. The van der Waals surface area contributed by atoms with Gasteiger partial charge in [-0.25, -0.2) is 0 Å². The molecule has 16 heavy (non-hydrogen) atoms. The van der Waals surface area contributed by atoms with Gasteiger partial charge in [-0.1, -0.05) is 6.08 Å². The van der Waals surface area contributed by atoms with Crippen LogP contribution in [0.15, 0.2) is 6.08 Å². The van der Waals surface area contributed by atoms with Crippen molar-refractivity contribution in [2.45, 2.75) is 13.3 Å². The number of carbonyl (C=O) groups is 1. The van der Waals surface area contributed by atoms with Crippen molar-refractivity contribution in [2.24, 2.45) is 0 Å². The summed E-state index contributed by atoms with van der Waals surface area (Å²) in [7, 11) is 2.07. The molecule has 86 valence electrons. The molecule has 1 N–H and O–H groups in total. The van der Waals surface area contributed by atoms with E-state index in [1.165, 1.54) is 6.92 Å². The lowest BCUT2D eigenvalue weighted by Gasteiger charge is -2.22. The second-order valence-corrected chi connectivity index (χ2v) is 4.43. The molecule has 2 rings (SSSR count). The van der Waals surface area contributed by atoms with Gasteiger partial charge in [0, 0.05) is 20.0 Å². The van der Waals surface area contributed by atoms with E-state index in [2.05, 4.69) is 32.1 Å². The van der Waals surface area contributed by atoms with E-state index in [4.69, 9.17) is 0 Å². The molecule has 0 aliphatic carbocycles. The number of rotatable bonds is 2. The molecule has 1 amide bonds. The fourth-order valence-corrected chi connectivity index (χ4v) is 2.25. The molecule has 0 aromatic carbocycles. The number of amides is 1. The normalized spacial score (nSPS) is 17.0. The lowest BCUT2D eigenvalue weighted by molar-refractivity contribution is -0.114. The molecule has 0 unspecified atom stereocenters. The van der Waals surface area contributed by atoms with Gasteiger partial charge in [0.05, 0.1) is 11.7 Å². The molecule has 1 aliphatic heterocycles. The number of anilines is 1. The largest absolute Gasteiger partial charge is 0.308 e. The Morgan fingerprint density at radius 1 is 1.56 bits per heavy atom. The van der Waals surface area contributed by atoms with Crippen LogP contribution in [0.1, 0.15) is 19.0 Å². The molecule has 1 aromatic rings. The number of hydrogen-bond acceptors (Lipinski definition) is 5. The van der Waals surface area contributed by atoms with E-state index in [1.807, 2.05) is 0 Å². The molecule has 0 saturated carbocycles. The maximum atomic E-state index is 11.0. The van der Waals surface area contributed by atoms with Crippen molar-refractivity contribution >= 4 is 29.0 Å². The third-order valence-corrected chi connectivity index (χ3v) is 2.96. The smallest absolute Gasteiger partial charge is 0.222 e. The molecule has 5 nitrogen and oxygen atoms in total. The summed E-state index contributed by atoms with van der Waals surface area (Å²) in [6.45, 7) is 3.40. The van der Waals surface area contributed by atoms with Gasteiger partial charge in [0.25, 0.3) is 0 Å². The Morgan fingerprint density at radius 3 is 3.06 bits per heavy atom. The van der Waals surface area contributed by atoms with Crippen LogP contribution in [0.3, 0.4) is 0 Å². The molecular formula is C10H14N4OS. The van der Waals surface area contributed by atoms with Crippen LogP contribution in [0.4, 0.5) is 5.82 Å².